The first-order valence-electron chi connectivity index (χ1n) is 6.28. The smallest absolute Gasteiger partial charge is 0.339 e. The van der Waals surface area contributed by atoms with E-state index >= 15 is 0 Å². The fourth-order valence-electron chi connectivity index (χ4n) is 1.75. The molecule has 0 aliphatic rings. The summed E-state index contributed by atoms with van der Waals surface area (Å²) >= 11 is 0. The second-order valence-corrected chi connectivity index (χ2v) is 4.27. The summed E-state index contributed by atoms with van der Waals surface area (Å²) in [6.07, 6.45) is 1.42. The molecule has 0 fully saturated rings. The second kappa shape index (κ2) is 6.81. The lowest BCUT2D eigenvalue weighted by molar-refractivity contribution is 0.0600. The van der Waals surface area contributed by atoms with Crippen LogP contribution in [0.4, 0.5) is 4.39 Å². The van der Waals surface area contributed by atoms with E-state index in [1.54, 1.807) is 12.1 Å². The molecule has 2 aromatic rings. The van der Waals surface area contributed by atoms with Gasteiger partial charge in [-0.2, -0.15) is 0 Å². The Balaban J connectivity index is 2.05. The van der Waals surface area contributed by atoms with Crippen LogP contribution in [0.5, 0.6) is 5.75 Å². The maximum Gasteiger partial charge on any atom is 0.339 e. The summed E-state index contributed by atoms with van der Waals surface area (Å²) in [5, 5.41) is 0. The van der Waals surface area contributed by atoms with Crippen LogP contribution < -0.4 is 10.5 Å². The molecule has 0 spiro atoms. The van der Waals surface area contributed by atoms with Crippen molar-refractivity contribution in [1.29, 1.82) is 0 Å². The largest absolute Gasteiger partial charge is 0.487 e. The molecule has 21 heavy (non-hydrogen) atoms. The van der Waals surface area contributed by atoms with Crippen molar-refractivity contribution < 1.29 is 18.7 Å². The third-order valence-electron chi connectivity index (χ3n) is 2.86. The standard InChI is InChI=1S/C15H15FN2O3/c1-20-15(19)10-2-4-13(18-8-10)9-21-14-5-3-12(16)6-11(14)7-17/h2-6,8H,7,9,17H2,1H3. The van der Waals surface area contributed by atoms with Crippen molar-refractivity contribution in [3.8, 4) is 5.75 Å². The second-order valence-electron chi connectivity index (χ2n) is 4.27. The van der Waals surface area contributed by atoms with Gasteiger partial charge in [-0.25, -0.2) is 9.18 Å². The third kappa shape index (κ3) is 3.76. The number of ether oxygens (including phenoxy) is 2. The minimum atomic E-state index is -0.445. The monoisotopic (exact) mass is 290 g/mol. The summed E-state index contributed by atoms with van der Waals surface area (Å²) in [5.74, 6) is -0.292. The summed E-state index contributed by atoms with van der Waals surface area (Å²) in [7, 11) is 1.31. The minimum Gasteiger partial charge on any atom is -0.487 e. The number of hydrogen-bond acceptors (Lipinski definition) is 5. The van der Waals surface area contributed by atoms with E-state index in [0.29, 0.717) is 22.6 Å². The Morgan fingerprint density at radius 2 is 2.14 bits per heavy atom. The highest BCUT2D eigenvalue weighted by Gasteiger charge is 2.07. The molecule has 1 aromatic heterocycles. The Labute approximate surface area is 121 Å². The molecule has 1 aromatic carbocycles. The van der Waals surface area contributed by atoms with Gasteiger partial charge >= 0.3 is 5.97 Å². The van der Waals surface area contributed by atoms with Gasteiger partial charge in [0.1, 0.15) is 18.2 Å². The van der Waals surface area contributed by atoms with Crippen molar-refractivity contribution in [2.45, 2.75) is 13.2 Å². The lowest BCUT2D eigenvalue weighted by atomic mass is 10.2. The number of halogens is 1. The Morgan fingerprint density at radius 1 is 1.33 bits per heavy atom. The Kier molecular flexibility index (Phi) is 4.84. The molecule has 2 rings (SSSR count). The average Bonchev–Trinajstić information content (AvgIpc) is 2.53. The molecule has 0 atom stereocenters. The molecule has 110 valence electrons. The van der Waals surface area contributed by atoms with Gasteiger partial charge in [0.25, 0.3) is 0 Å². The van der Waals surface area contributed by atoms with E-state index in [2.05, 4.69) is 9.72 Å². The summed E-state index contributed by atoms with van der Waals surface area (Å²) in [5.41, 5.74) is 7.13. The van der Waals surface area contributed by atoms with Gasteiger partial charge in [0.2, 0.25) is 0 Å². The van der Waals surface area contributed by atoms with Crippen molar-refractivity contribution in [3.63, 3.8) is 0 Å². The van der Waals surface area contributed by atoms with Crippen molar-refractivity contribution in [3.05, 3.63) is 59.2 Å². The number of methoxy groups -OCH3 is 1. The molecular weight excluding hydrogens is 275 g/mol. The lowest BCUT2D eigenvalue weighted by Gasteiger charge is -2.10. The predicted molar refractivity (Wildman–Crippen MR) is 74.2 cm³/mol. The van der Waals surface area contributed by atoms with Gasteiger partial charge in [0, 0.05) is 18.3 Å². The number of carbonyl (C=O) groups is 1. The van der Waals surface area contributed by atoms with Gasteiger partial charge in [-0.1, -0.05) is 0 Å². The van der Waals surface area contributed by atoms with E-state index < -0.39 is 5.97 Å². The third-order valence-corrected chi connectivity index (χ3v) is 2.86. The van der Waals surface area contributed by atoms with Gasteiger partial charge in [-0.3, -0.25) is 4.98 Å². The average molecular weight is 290 g/mol. The van der Waals surface area contributed by atoms with Crippen molar-refractivity contribution in [1.82, 2.24) is 4.98 Å². The topological polar surface area (TPSA) is 74.4 Å². The van der Waals surface area contributed by atoms with E-state index in [9.17, 15) is 9.18 Å². The molecule has 0 saturated heterocycles. The summed E-state index contributed by atoms with van der Waals surface area (Å²) in [6.45, 7) is 0.377. The maximum atomic E-state index is 13.1. The molecule has 0 aliphatic heterocycles. The number of aromatic nitrogens is 1. The molecule has 0 radical (unpaired) electrons. The highest BCUT2D eigenvalue weighted by Crippen LogP contribution is 2.20. The zero-order valence-corrected chi connectivity index (χ0v) is 11.5. The van der Waals surface area contributed by atoms with E-state index in [1.807, 2.05) is 0 Å². The molecule has 0 saturated carbocycles. The number of rotatable bonds is 5. The number of pyridine rings is 1. The first kappa shape index (κ1) is 14.9. The van der Waals surface area contributed by atoms with E-state index in [0.717, 1.165) is 0 Å². The number of hydrogen-bond donors (Lipinski definition) is 1. The Bertz CT molecular complexity index is 629. The first-order chi connectivity index (χ1) is 10.1. The van der Waals surface area contributed by atoms with Gasteiger partial charge in [0.15, 0.2) is 0 Å². The molecular formula is C15H15FN2O3. The molecule has 0 aliphatic carbocycles. The molecule has 0 unspecified atom stereocenters. The van der Waals surface area contributed by atoms with Gasteiger partial charge in [0.05, 0.1) is 18.4 Å². The first-order valence-corrected chi connectivity index (χ1v) is 6.28. The highest BCUT2D eigenvalue weighted by molar-refractivity contribution is 5.88. The molecule has 0 amide bonds. The van der Waals surface area contributed by atoms with E-state index in [-0.39, 0.29) is 19.0 Å². The predicted octanol–water partition coefficient (Wildman–Crippen LogP) is 2.04. The van der Waals surface area contributed by atoms with Crippen molar-refractivity contribution in [2.24, 2.45) is 5.73 Å². The van der Waals surface area contributed by atoms with E-state index in [4.69, 9.17) is 10.5 Å². The highest BCUT2D eigenvalue weighted by atomic mass is 19.1. The quantitative estimate of drug-likeness (QED) is 0.853. The maximum absolute atomic E-state index is 13.1. The number of benzene rings is 1. The molecule has 2 N–H and O–H groups in total. The fraction of sp³-hybridized carbons (Fsp3) is 0.200. The van der Waals surface area contributed by atoms with Crippen LogP contribution in [-0.4, -0.2) is 18.1 Å². The van der Waals surface area contributed by atoms with Crippen molar-refractivity contribution in [2.75, 3.05) is 7.11 Å². The van der Waals surface area contributed by atoms with Crippen LogP contribution in [0.1, 0.15) is 21.6 Å². The van der Waals surface area contributed by atoms with Gasteiger partial charge in [-0.05, 0) is 30.3 Å². The lowest BCUT2D eigenvalue weighted by Crippen LogP contribution is -2.06. The number of nitrogens with zero attached hydrogens (tertiary/aromatic N) is 1. The SMILES string of the molecule is COC(=O)c1ccc(COc2ccc(F)cc2CN)nc1. The summed E-state index contributed by atoms with van der Waals surface area (Å²) in [4.78, 5) is 15.4. The molecule has 6 heteroatoms. The fourth-order valence-corrected chi connectivity index (χ4v) is 1.75. The normalized spacial score (nSPS) is 10.2. The number of carbonyl (C=O) groups excluding carboxylic acids is 1. The molecule has 5 nitrogen and oxygen atoms in total. The molecule has 0 bridgehead atoms. The van der Waals surface area contributed by atoms with Crippen LogP contribution >= 0.6 is 0 Å². The summed E-state index contributed by atoms with van der Waals surface area (Å²) < 4.78 is 23.2. The van der Waals surface area contributed by atoms with Gasteiger partial charge in [-0.15, -0.1) is 0 Å². The Hall–Kier alpha value is -2.47. The van der Waals surface area contributed by atoms with E-state index in [1.165, 1.54) is 31.5 Å². The van der Waals surface area contributed by atoms with Gasteiger partial charge < -0.3 is 15.2 Å². The van der Waals surface area contributed by atoms with Crippen LogP contribution in [0.15, 0.2) is 36.5 Å². The summed E-state index contributed by atoms with van der Waals surface area (Å²) in [6, 6.07) is 7.44. The van der Waals surface area contributed by atoms with Crippen LogP contribution in [0.2, 0.25) is 0 Å². The van der Waals surface area contributed by atoms with Crippen LogP contribution in [0.3, 0.4) is 0 Å². The zero-order valence-electron chi connectivity index (χ0n) is 11.5. The van der Waals surface area contributed by atoms with Crippen molar-refractivity contribution >= 4 is 5.97 Å². The minimum absolute atomic E-state index is 0.182. The zero-order chi connectivity index (χ0) is 15.2. The number of esters is 1. The molecule has 1 heterocycles. The Morgan fingerprint density at radius 3 is 2.76 bits per heavy atom. The van der Waals surface area contributed by atoms with Crippen LogP contribution in [0.25, 0.3) is 0 Å². The van der Waals surface area contributed by atoms with Crippen LogP contribution in [-0.2, 0) is 17.9 Å². The number of nitrogens with two attached hydrogens (primary N) is 1. The van der Waals surface area contributed by atoms with Crippen LogP contribution in [0, 0.1) is 5.82 Å².